The van der Waals surface area contributed by atoms with Crippen molar-refractivity contribution in [3.8, 4) is 0 Å². The highest BCUT2D eigenvalue weighted by molar-refractivity contribution is 6.33. The Kier molecular flexibility index (Phi) is 7.50. The summed E-state index contributed by atoms with van der Waals surface area (Å²) in [6.07, 6.45) is 12.1. The number of benzene rings is 1. The molecule has 0 amide bonds. The average molecular weight is 353 g/mol. The van der Waals surface area contributed by atoms with Crippen LogP contribution in [0.2, 0.25) is 5.02 Å². The van der Waals surface area contributed by atoms with Gasteiger partial charge in [-0.3, -0.25) is 10.1 Å². The summed E-state index contributed by atoms with van der Waals surface area (Å²) >= 11 is 5.89. The van der Waals surface area contributed by atoms with Gasteiger partial charge >= 0.3 is 0 Å². The highest BCUT2D eigenvalue weighted by Gasteiger charge is 2.17. The number of hydrogen-bond acceptors (Lipinski definition) is 4. The van der Waals surface area contributed by atoms with E-state index in [4.69, 9.17) is 16.0 Å². The predicted octanol–water partition coefficient (Wildman–Crippen LogP) is 6.46. The van der Waals surface area contributed by atoms with Crippen LogP contribution in [0.25, 0.3) is 11.1 Å². The molecule has 24 heavy (non-hydrogen) atoms. The summed E-state index contributed by atoms with van der Waals surface area (Å²) in [5, 5.41) is 11.0. The van der Waals surface area contributed by atoms with Crippen LogP contribution in [0, 0.1) is 10.1 Å². The molecule has 1 aromatic carbocycles. The number of unbranched alkanes of at least 4 members (excludes halogenated alkanes) is 8. The van der Waals surface area contributed by atoms with Gasteiger partial charge in [0.2, 0.25) is 0 Å². The molecule has 0 bridgehead atoms. The van der Waals surface area contributed by atoms with E-state index in [2.05, 4.69) is 11.9 Å². The average Bonchev–Trinajstić information content (AvgIpc) is 2.93. The number of nitro groups is 1. The summed E-state index contributed by atoms with van der Waals surface area (Å²) in [4.78, 5) is 14.7. The molecule has 0 aliphatic carbocycles. The van der Waals surface area contributed by atoms with Crippen molar-refractivity contribution in [3.63, 3.8) is 0 Å². The molecule has 5 nitrogen and oxygen atoms in total. The van der Waals surface area contributed by atoms with Crippen LogP contribution in [0.4, 0.5) is 5.69 Å². The predicted molar refractivity (Wildman–Crippen MR) is 96.6 cm³/mol. The number of rotatable bonds is 11. The molecule has 2 aromatic rings. The third-order valence-corrected chi connectivity index (χ3v) is 4.49. The number of aromatic nitrogens is 1. The van der Waals surface area contributed by atoms with Crippen molar-refractivity contribution in [1.82, 2.24) is 4.98 Å². The van der Waals surface area contributed by atoms with Crippen LogP contribution in [0.5, 0.6) is 0 Å². The fraction of sp³-hybridized carbons (Fsp3) is 0.611. The maximum atomic E-state index is 10.9. The van der Waals surface area contributed by atoms with Gasteiger partial charge in [-0.1, -0.05) is 69.9 Å². The number of halogens is 1. The van der Waals surface area contributed by atoms with Crippen molar-refractivity contribution >= 4 is 28.4 Å². The topological polar surface area (TPSA) is 69.2 Å². The summed E-state index contributed by atoms with van der Waals surface area (Å²) in [5.74, 6) is 0.629. The van der Waals surface area contributed by atoms with Crippen molar-refractivity contribution in [2.75, 3.05) is 0 Å². The lowest BCUT2D eigenvalue weighted by Gasteiger charge is -2.00. The molecule has 132 valence electrons. The number of fused-ring (bicyclic) bond motifs is 1. The van der Waals surface area contributed by atoms with Gasteiger partial charge in [-0.05, 0) is 12.5 Å². The fourth-order valence-corrected chi connectivity index (χ4v) is 3.05. The van der Waals surface area contributed by atoms with E-state index in [-0.39, 0.29) is 10.7 Å². The van der Waals surface area contributed by atoms with Crippen LogP contribution in [0.15, 0.2) is 16.5 Å². The molecule has 1 aromatic heterocycles. The van der Waals surface area contributed by atoms with Gasteiger partial charge in [0.1, 0.15) is 10.5 Å². The zero-order valence-corrected chi connectivity index (χ0v) is 15.0. The largest absolute Gasteiger partial charge is 0.440 e. The van der Waals surface area contributed by atoms with Crippen LogP contribution < -0.4 is 0 Å². The van der Waals surface area contributed by atoms with E-state index in [0.717, 1.165) is 19.3 Å². The maximum Gasteiger partial charge on any atom is 0.291 e. The first-order valence-electron chi connectivity index (χ1n) is 8.85. The van der Waals surface area contributed by atoms with Gasteiger partial charge in [-0.15, -0.1) is 0 Å². The molecule has 2 rings (SSSR count). The van der Waals surface area contributed by atoms with Crippen LogP contribution in [0.3, 0.4) is 0 Å². The van der Waals surface area contributed by atoms with Gasteiger partial charge < -0.3 is 4.42 Å². The summed E-state index contributed by atoms with van der Waals surface area (Å²) in [6, 6.07) is 2.85. The number of nitro benzene ring substituents is 1. The third kappa shape index (κ3) is 5.48. The molecule has 1 heterocycles. The van der Waals surface area contributed by atoms with Crippen molar-refractivity contribution in [3.05, 3.63) is 33.2 Å². The molecule has 6 heteroatoms. The molecule has 0 radical (unpaired) electrons. The fourth-order valence-electron chi connectivity index (χ4n) is 2.82. The normalized spacial score (nSPS) is 11.2. The molecule has 0 unspecified atom stereocenters. The highest BCUT2D eigenvalue weighted by atomic mass is 35.5. The number of hydrogen-bond donors (Lipinski definition) is 0. The van der Waals surface area contributed by atoms with E-state index in [0.29, 0.717) is 17.0 Å². The van der Waals surface area contributed by atoms with Crippen molar-refractivity contribution in [2.24, 2.45) is 0 Å². The molecular weight excluding hydrogens is 328 g/mol. The zero-order chi connectivity index (χ0) is 17.4. The quantitative estimate of drug-likeness (QED) is 0.264. The summed E-state index contributed by atoms with van der Waals surface area (Å²) in [7, 11) is 0. The Morgan fingerprint density at radius 2 is 1.71 bits per heavy atom. The summed E-state index contributed by atoms with van der Waals surface area (Å²) in [5.41, 5.74) is 0.864. The number of oxazole rings is 1. The molecule has 0 saturated carbocycles. The monoisotopic (exact) mass is 352 g/mol. The highest BCUT2D eigenvalue weighted by Crippen LogP contribution is 2.30. The second-order valence-corrected chi connectivity index (χ2v) is 6.62. The first kappa shape index (κ1) is 18.7. The minimum absolute atomic E-state index is 0.0930. The van der Waals surface area contributed by atoms with E-state index >= 15 is 0 Å². The molecule has 0 atom stereocenters. The third-order valence-electron chi connectivity index (χ3n) is 4.19. The van der Waals surface area contributed by atoms with Crippen molar-refractivity contribution < 1.29 is 9.34 Å². The molecule has 0 aliphatic rings. The minimum atomic E-state index is -0.509. The van der Waals surface area contributed by atoms with E-state index in [9.17, 15) is 10.1 Å². The van der Waals surface area contributed by atoms with Gasteiger partial charge in [0.05, 0.1) is 11.0 Å². The Labute approximate surface area is 147 Å². The lowest BCUT2D eigenvalue weighted by molar-refractivity contribution is -0.384. The summed E-state index contributed by atoms with van der Waals surface area (Å²) < 4.78 is 5.61. The van der Waals surface area contributed by atoms with Crippen LogP contribution >= 0.6 is 11.6 Å². The minimum Gasteiger partial charge on any atom is -0.440 e. The van der Waals surface area contributed by atoms with Gasteiger partial charge in [0.25, 0.3) is 5.69 Å². The smallest absolute Gasteiger partial charge is 0.291 e. The second-order valence-electron chi connectivity index (χ2n) is 6.21. The molecule has 0 spiro atoms. The number of aryl methyl sites for hydroxylation is 1. The standard InChI is InChI=1S/C18H25ClN2O3/c1-2-3-4-5-6-7-8-9-10-11-18-20-15-12-14(19)16(21(22)23)13-17(15)24-18/h12-13H,2-11H2,1H3. The van der Waals surface area contributed by atoms with E-state index in [1.807, 2.05) is 0 Å². The molecule has 0 aliphatic heterocycles. The van der Waals surface area contributed by atoms with Crippen LogP contribution in [-0.4, -0.2) is 9.91 Å². The Hall–Kier alpha value is -1.62. The Balaban J connectivity index is 1.74. The van der Waals surface area contributed by atoms with Gasteiger partial charge in [-0.2, -0.15) is 0 Å². The molecule has 0 fully saturated rings. The molecule has 0 N–H and O–H groups in total. The Morgan fingerprint density at radius 3 is 2.33 bits per heavy atom. The molecular formula is C18H25ClN2O3. The van der Waals surface area contributed by atoms with Gasteiger partial charge in [-0.25, -0.2) is 4.98 Å². The Morgan fingerprint density at radius 1 is 1.08 bits per heavy atom. The lowest BCUT2D eigenvalue weighted by Crippen LogP contribution is -1.88. The maximum absolute atomic E-state index is 10.9. The van der Waals surface area contributed by atoms with E-state index in [1.165, 1.54) is 57.1 Å². The van der Waals surface area contributed by atoms with Gasteiger partial charge in [0, 0.05) is 6.42 Å². The van der Waals surface area contributed by atoms with Crippen LogP contribution in [-0.2, 0) is 6.42 Å². The van der Waals surface area contributed by atoms with Crippen molar-refractivity contribution in [1.29, 1.82) is 0 Å². The van der Waals surface area contributed by atoms with E-state index in [1.54, 1.807) is 0 Å². The van der Waals surface area contributed by atoms with Crippen LogP contribution in [0.1, 0.15) is 70.6 Å². The number of nitrogens with zero attached hydrogens (tertiary/aromatic N) is 2. The first-order chi connectivity index (χ1) is 11.6. The zero-order valence-electron chi connectivity index (χ0n) is 14.2. The molecule has 0 saturated heterocycles. The first-order valence-corrected chi connectivity index (χ1v) is 9.23. The lowest BCUT2D eigenvalue weighted by atomic mass is 10.1. The Bertz CT molecular complexity index is 670. The van der Waals surface area contributed by atoms with E-state index < -0.39 is 4.92 Å². The SMILES string of the molecule is CCCCCCCCCCCc1nc2cc(Cl)c([N+](=O)[O-])cc2o1. The second kappa shape index (κ2) is 9.62. The van der Waals surface area contributed by atoms with Crippen molar-refractivity contribution in [2.45, 2.75) is 71.1 Å². The summed E-state index contributed by atoms with van der Waals surface area (Å²) in [6.45, 7) is 2.23. The van der Waals surface area contributed by atoms with Gasteiger partial charge in [0.15, 0.2) is 11.5 Å².